The molecule has 9 atom stereocenters. The fourth-order valence-corrected chi connectivity index (χ4v) is 6.46. The molecule has 3 fully saturated rings. The van der Waals surface area contributed by atoms with E-state index in [4.69, 9.17) is 5.41 Å². The van der Waals surface area contributed by atoms with E-state index in [1.165, 1.54) is 19.3 Å². The highest BCUT2D eigenvalue weighted by atomic mass is 19.1. The maximum atomic E-state index is 14.0. The Kier molecular flexibility index (Phi) is 5.98. The van der Waals surface area contributed by atoms with Gasteiger partial charge in [-0.1, -0.05) is 13.8 Å². The minimum Gasteiger partial charge on any atom is -0.313 e. The summed E-state index contributed by atoms with van der Waals surface area (Å²) in [5.41, 5.74) is 0. The molecule has 4 rings (SSSR count). The van der Waals surface area contributed by atoms with Crippen LogP contribution < -0.4 is 10.6 Å². The number of rotatable bonds is 5. The van der Waals surface area contributed by atoms with Crippen molar-refractivity contribution in [2.45, 2.75) is 83.2 Å². The average molecular weight is 378 g/mol. The fraction of sp³-hybridized carbons (Fsp3) is 0.909. The summed E-state index contributed by atoms with van der Waals surface area (Å²) in [5, 5.41) is 15.3. The van der Waals surface area contributed by atoms with Gasteiger partial charge < -0.3 is 10.7 Å². The van der Waals surface area contributed by atoms with E-state index < -0.39 is 6.17 Å². The molecule has 3 N–H and O–H groups in total. The Morgan fingerprint density at radius 2 is 2.11 bits per heavy atom. The van der Waals surface area contributed by atoms with Gasteiger partial charge in [0.25, 0.3) is 0 Å². The normalized spacial score (nSPS) is 46.0. The molecular weight excluding hydrogens is 339 g/mol. The van der Waals surface area contributed by atoms with Gasteiger partial charge in [-0.2, -0.15) is 0 Å². The lowest BCUT2D eigenvalue weighted by atomic mass is 9.68. The summed E-state index contributed by atoms with van der Waals surface area (Å²) in [6.45, 7) is 6.46. The number of hydrogen-bond donors (Lipinski definition) is 3. The molecule has 4 nitrogen and oxygen atoms in total. The molecule has 0 bridgehead atoms. The third-order valence-electron chi connectivity index (χ3n) is 8.02. The zero-order chi connectivity index (χ0) is 19.0. The van der Waals surface area contributed by atoms with Crippen molar-refractivity contribution in [2.75, 3.05) is 13.1 Å². The Morgan fingerprint density at radius 3 is 2.85 bits per heavy atom. The maximum Gasteiger partial charge on any atom is 0.214 e. The first-order valence-electron chi connectivity index (χ1n) is 11.4. The molecule has 0 amide bonds. The van der Waals surface area contributed by atoms with E-state index in [-0.39, 0.29) is 5.92 Å². The van der Waals surface area contributed by atoms with Crippen LogP contribution in [0.3, 0.4) is 0 Å². The zero-order valence-corrected chi connectivity index (χ0v) is 17.0. The first kappa shape index (κ1) is 19.5. The minimum absolute atomic E-state index is 0.218. The third kappa shape index (κ3) is 3.74. The second kappa shape index (κ2) is 8.28. The lowest BCUT2D eigenvalue weighted by Gasteiger charge is -2.43. The molecule has 3 aliphatic heterocycles. The Labute approximate surface area is 163 Å². The topological polar surface area (TPSA) is 50.9 Å². The monoisotopic (exact) mass is 377 g/mol. The molecule has 4 aliphatic rings. The molecule has 2 saturated heterocycles. The van der Waals surface area contributed by atoms with E-state index in [2.05, 4.69) is 35.3 Å². The summed E-state index contributed by atoms with van der Waals surface area (Å²) in [7, 11) is 0. The van der Waals surface area contributed by atoms with Crippen molar-refractivity contribution in [1.82, 2.24) is 10.6 Å². The highest BCUT2D eigenvalue weighted by Crippen LogP contribution is 2.41. The van der Waals surface area contributed by atoms with Crippen LogP contribution in [0, 0.1) is 35.0 Å². The van der Waals surface area contributed by atoms with Crippen molar-refractivity contribution < 1.29 is 8.97 Å². The van der Waals surface area contributed by atoms with Crippen LogP contribution in [0.25, 0.3) is 0 Å². The predicted octanol–water partition coefficient (Wildman–Crippen LogP) is 3.21. The molecule has 0 aromatic rings. The lowest BCUT2D eigenvalue weighted by molar-refractivity contribution is -0.573. The van der Waals surface area contributed by atoms with E-state index in [0.717, 1.165) is 38.8 Å². The zero-order valence-electron chi connectivity index (χ0n) is 17.0. The first-order valence-corrected chi connectivity index (χ1v) is 11.4. The molecule has 1 saturated carbocycles. The SMILES string of the molecule is CCC(C=N)C1NCC2CC(C3CCCNC3C3CCC(F)C(C)C3)C=[N+]21. The average Bonchev–Trinajstić information content (AvgIpc) is 3.27. The highest BCUT2D eigenvalue weighted by Gasteiger charge is 2.49. The van der Waals surface area contributed by atoms with Gasteiger partial charge in [0.1, 0.15) is 12.4 Å². The number of halogens is 1. The molecule has 3 heterocycles. The number of fused-ring (bicyclic) bond motifs is 1. The first-order chi connectivity index (χ1) is 13.1. The van der Waals surface area contributed by atoms with Crippen molar-refractivity contribution >= 4 is 12.4 Å². The number of alkyl halides is 1. The van der Waals surface area contributed by atoms with Gasteiger partial charge in [-0.25, -0.2) is 8.97 Å². The van der Waals surface area contributed by atoms with Crippen LogP contribution in [0.4, 0.5) is 4.39 Å². The van der Waals surface area contributed by atoms with Crippen LogP contribution in [-0.2, 0) is 0 Å². The van der Waals surface area contributed by atoms with Crippen molar-refractivity contribution in [3.63, 3.8) is 0 Å². The standard InChI is InChI=1S/C22H38FN4/c1-3-15(11-24)22-26-12-18-10-17(13-27(18)22)19-5-4-8-25-21(19)16-6-7-20(23)14(2)9-16/h11,13-22,24-26H,3-10,12H2,1-2H3/q+1. The molecular formula is C22H38FN4+. The minimum atomic E-state index is -0.592. The predicted molar refractivity (Wildman–Crippen MR) is 108 cm³/mol. The van der Waals surface area contributed by atoms with Gasteiger partial charge in [-0.05, 0) is 62.8 Å². The van der Waals surface area contributed by atoms with E-state index in [1.54, 1.807) is 6.21 Å². The van der Waals surface area contributed by atoms with Gasteiger partial charge >= 0.3 is 0 Å². The van der Waals surface area contributed by atoms with Crippen molar-refractivity contribution in [1.29, 1.82) is 5.41 Å². The molecule has 0 radical (unpaired) electrons. The van der Waals surface area contributed by atoms with Crippen LogP contribution >= 0.6 is 0 Å². The van der Waals surface area contributed by atoms with Gasteiger partial charge in [-0.3, -0.25) is 5.32 Å². The quantitative estimate of drug-likeness (QED) is 0.509. The molecule has 27 heavy (non-hydrogen) atoms. The second-order valence-corrected chi connectivity index (χ2v) is 9.59. The Morgan fingerprint density at radius 1 is 1.26 bits per heavy atom. The summed E-state index contributed by atoms with van der Waals surface area (Å²) >= 11 is 0. The molecule has 0 aromatic carbocycles. The van der Waals surface area contributed by atoms with E-state index in [9.17, 15) is 4.39 Å². The third-order valence-corrected chi connectivity index (χ3v) is 8.02. The molecule has 0 aromatic heterocycles. The van der Waals surface area contributed by atoms with Gasteiger partial charge in [0.2, 0.25) is 6.17 Å². The molecule has 9 unspecified atom stereocenters. The summed E-state index contributed by atoms with van der Waals surface area (Å²) in [4.78, 5) is 0. The Balaban J connectivity index is 1.49. The van der Waals surface area contributed by atoms with Crippen LogP contribution in [0.2, 0.25) is 0 Å². The van der Waals surface area contributed by atoms with E-state index in [1.807, 2.05) is 0 Å². The summed E-state index contributed by atoms with van der Waals surface area (Å²) < 4.78 is 16.6. The number of hydrogen-bond acceptors (Lipinski definition) is 3. The Bertz CT molecular complexity index is 565. The molecule has 5 heteroatoms. The number of nitrogens with one attached hydrogen (secondary N) is 3. The highest BCUT2D eigenvalue weighted by molar-refractivity contribution is 5.60. The van der Waals surface area contributed by atoms with E-state index >= 15 is 0 Å². The largest absolute Gasteiger partial charge is 0.313 e. The van der Waals surface area contributed by atoms with E-state index in [0.29, 0.717) is 41.9 Å². The summed E-state index contributed by atoms with van der Waals surface area (Å²) in [6, 6.07) is 1.16. The molecule has 0 spiro atoms. The second-order valence-electron chi connectivity index (χ2n) is 9.59. The van der Waals surface area contributed by atoms with Crippen molar-refractivity contribution in [3.8, 4) is 0 Å². The fourth-order valence-electron chi connectivity index (χ4n) is 6.46. The molecule has 1 aliphatic carbocycles. The van der Waals surface area contributed by atoms with Crippen LogP contribution in [0.5, 0.6) is 0 Å². The van der Waals surface area contributed by atoms with Gasteiger partial charge in [-0.15, -0.1) is 0 Å². The van der Waals surface area contributed by atoms with Crippen molar-refractivity contribution in [3.05, 3.63) is 0 Å². The smallest absolute Gasteiger partial charge is 0.214 e. The summed E-state index contributed by atoms with van der Waals surface area (Å²) in [5.74, 6) is 2.48. The van der Waals surface area contributed by atoms with Crippen LogP contribution in [0.15, 0.2) is 0 Å². The van der Waals surface area contributed by atoms with Crippen LogP contribution in [0.1, 0.15) is 58.8 Å². The lowest BCUT2D eigenvalue weighted by Crippen LogP contribution is -2.51. The van der Waals surface area contributed by atoms with Gasteiger partial charge in [0.05, 0.1) is 12.5 Å². The summed E-state index contributed by atoms with van der Waals surface area (Å²) in [6.07, 6.45) is 11.6. The van der Waals surface area contributed by atoms with Crippen LogP contribution in [-0.4, -0.2) is 54.5 Å². The molecule has 152 valence electrons. The maximum absolute atomic E-state index is 14.0. The number of nitrogens with zero attached hydrogens (tertiary/aromatic N) is 1. The number of piperidine rings is 1. The van der Waals surface area contributed by atoms with Gasteiger partial charge in [0.15, 0.2) is 6.04 Å². The van der Waals surface area contributed by atoms with Crippen molar-refractivity contribution in [2.24, 2.45) is 29.6 Å². The van der Waals surface area contributed by atoms with Gasteiger partial charge in [0, 0.05) is 24.6 Å². The Hall–Kier alpha value is -0.810.